The molecule has 0 unspecified atom stereocenters. The van der Waals surface area contributed by atoms with Gasteiger partial charge in [0.1, 0.15) is 5.82 Å². The molecule has 0 atom stereocenters. The minimum Gasteiger partial charge on any atom is -0.476 e. The number of carbonyl (C=O) groups is 1. The van der Waals surface area contributed by atoms with Crippen molar-refractivity contribution >= 4 is 11.7 Å². The molecule has 5 nitrogen and oxygen atoms in total. The van der Waals surface area contributed by atoms with Gasteiger partial charge in [-0.3, -0.25) is 0 Å². The fraction of sp³-hybridized carbons (Fsp3) is 0.688. The van der Waals surface area contributed by atoms with Crippen LogP contribution in [0.15, 0.2) is 6.20 Å². The summed E-state index contributed by atoms with van der Waals surface area (Å²) >= 11 is 0. The van der Waals surface area contributed by atoms with Crippen molar-refractivity contribution in [2.45, 2.75) is 46.5 Å². The van der Waals surface area contributed by atoms with Crippen molar-refractivity contribution in [1.82, 2.24) is 9.97 Å². The summed E-state index contributed by atoms with van der Waals surface area (Å²) in [7, 11) is 0. The van der Waals surface area contributed by atoms with Crippen molar-refractivity contribution in [3.05, 3.63) is 17.7 Å². The monoisotopic (exact) mass is 291 g/mol. The van der Waals surface area contributed by atoms with Crippen LogP contribution in [0, 0.1) is 11.8 Å². The van der Waals surface area contributed by atoms with Gasteiger partial charge in [-0.15, -0.1) is 0 Å². The van der Waals surface area contributed by atoms with Crippen LogP contribution in [0.25, 0.3) is 0 Å². The number of aromatic carboxylic acids is 1. The summed E-state index contributed by atoms with van der Waals surface area (Å²) in [6, 6.07) is 0. The Hall–Kier alpha value is -1.65. The molecule has 1 N–H and O–H groups in total. The van der Waals surface area contributed by atoms with E-state index < -0.39 is 5.97 Å². The van der Waals surface area contributed by atoms with Crippen LogP contribution in [0.1, 0.15) is 62.8 Å². The van der Waals surface area contributed by atoms with Gasteiger partial charge in [-0.25, -0.2) is 14.8 Å². The highest BCUT2D eigenvalue weighted by atomic mass is 16.4. The van der Waals surface area contributed by atoms with Gasteiger partial charge >= 0.3 is 5.97 Å². The molecule has 0 saturated carbocycles. The summed E-state index contributed by atoms with van der Waals surface area (Å²) in [5, 5.41) is 9.43. The van der Waals surface area contributed by atoms with Gasteiger partial charge in [0.05, 0.1) is 11.9 Å². The van der Waals surface area contributed by atoms with Crippen LogP contribution >= 0.6 is 0 Å². The predicted molar refractivity (Wildman–Crippen MR) is 82.9 cm³/mol. The second-order valence-corrected chi connectivity index (χ2v) is 6.49. The van der Waals surface area contributed by atoms with Crippen LogP contribution in [0.4, 0.5) is 5.69 Å². The van der Waals surface area contributed by atoms with Crippen molar-refractivity contribution in [2.24, 2.45) is 11.8 Å². The molecule has 1 aromatic heterocycles. The summed E-state index contributed by atoms with van der Waals surface area (Å²) in [5.41, 5.74) is 0.797. The van der Waals surface area contributed by atoms with E-state index in [-0.39, 0.29) is 11.6 Å². The maximum atomic E-state index is 11.5. The molecule has 0 amide bonds. The Kier molecular flexibility index (Phi) is 4.80. The van der Waals surface area contributed by atoms with E-state index in [2.05, 4.69) is 28.7 Å². The van der Waals surface area contributed by atoms with Gasteiger partial charge in [0.2, 0.25) is 0 Å². The molecule has 1 aromatic rings. The number of carboxylic acid groups (broad SMARTS) is 1. The van der Waals surface area contributed by atoms with E-state index in [1.54, 1.807) is 6.20 Å². The molecule has 21 heavy (non-hydrogen) atoms. The first-order chi connectivity index (χ1) is 9.90. The minimum atomic E-state index is -0.972. The average molecular weight is 291 g/mol. The fourth-order valence-electron chi connectivity index (χ4n) is 2.86. The summed E-state index contributed by atoms with van der Waals surface area (Å²) in [6.07, 6.45) is 3.88. The molecule has 2 rings (SSSR count). The zero-order valence-corrected chi connectivity index (χ0v) is 13.3. The number of piperidine rings is 1. The number of rotatable bonds is 4. The summed E-state index contributed by atoms with van der Waals surface area (Å²) < 4.78 is 0. The second kappa shape index (κ2) is 6.41. The number of nitrogens with zero attached hydrogens (tertiary/aromatic N) is 3. The van der Waals surface area contributed by atoms with E-state index in [4.69, 9.17) is 0 Å². The molecule has 5 heteroatoms. The Bertz CT molecular complexity index is 506. The zero-order valence-electron chi connectivity index (χ0n) is 13.3. The highest BCUT2D eigenvalue weighted by molar-refractivity contribution is 5.92. The van der Waals surface area contributed by atoms with Gasteiger partial charge in [-0.2, -0.15) is 0 Å². The third kappa shape index (κ3) is 3.52. The molecule has 0 radical (unpaired) electrons. The molecule has 2 heterocycles. The molecule has 0 aromatic carbocycles. The van der Waals surface area contributed by atoms with Gasteiger partial charge in [0.15, 0.2) is 5.69 Å². The van der Waals surface area contributed by atoms with E-state index in [9.17, 15) is 9.90 Å². The average Bonchev–Trinajstić information content (AvgIpc) is 2.46. The Morgan fingerprint density at radius 2 is 1.90 bits per heavy atom. The lowest BCUT2D eigenvalue weighted by Gasteiger charge is -2.35. The lowest BCUT2D eigenvalue weighted by Crippen LogP contribution is -2.36. The van der Waals surface area contributed by atoms with Crippen LogP contribution < -0.4 is 4.90 Å². The zero-order chi connectivity index (χ0) is 15.6. The Labute approximate surface area is 126 Å². The van der Waals surface area contributed by atoms with Crippen molar-refractivity contribution < 1.29 is 9.90 Å². The quantitative estimate of drug-likeness (QED) is 0.923. The summed E-state index contributed by atoms with van der Waals surface area (Å²) in [6.45, 7) is 10.2. The fourth-order valence-corrected chi connectivity index (χ4v) is 2.86. The third-order valence-electron chi connectivity index (χ3n) is 4.33. The molecular formula is C16H25N3O2. The largest absolute Gasteiger partial charge is 0.476 e. The van der Waals surface area contributed by atoms with Gasteiger partial charge in [0.25, 0.3) is 0 Å². The first-order valence-corrected chi connectivity index (χ1v) is 7.75. The number of anilines is 1. The topological polar surface area (TPSA) is 66.3 Å². The molecule has 1 fully saturated rings. The molecule has 0 bridgehead atoms. The number of hydrogen-bond donors (Lipinski definition) is 1. The van der Waals surface area contributed by atoms with Gasteiger partial charge in [0, 0.05) is 19.0 Å². The molecule has 1 aliphatic heterocycles. The first-order valence-electron chi connectivity index (χ1n) is 7.75. The van der Waals surface area contributed by atoms with E-state index >= 15 is 0 Å². The van der Waals surface area contributed by atoms with Gasteiger partial charge in [-0.1, -0.05) is 27.7 Å². The molecule has 116 valence electrons. The molecule has 0 spiro atoms. The number of hydrogen-bond acceptors (Lipinski definition) is 4. The predicted octanol–water partition coefficient (Wildman–Crippen LogP) is 3.17. The van der Waals surface area contributed by atoms with E-state index in [0.717, 1.165) is 31.8 Å². The van der Waals surface area contributed by atoms with E-state index in [0.29, 0.717) is 17.4 Å². The van der Waals surface area contributed by atoms with Gasteiger partial charge in [-0.05, 0) is 24.7 Å². The number of aromatic nitrogens is 2. The van der Waals surface area contributed by atoms with Crippen LogP contribution in [-0.2, 0) is 0 Å². The molecule has 1 aliphatic rings. The minimum absolute atomic E-state index is 0.129. The maximum Gasteiger partial charge on any atom is 0.356 e. The maximum absolute atomic E-state index is 11.5. The lowest BCUT2D eigenvalue weighted by atomic mass is 9.86. The Morgan fingerprint density at radius 3 is 2.38 bits per heavy atom. The first kappa shape index (κ1) is 15.7. The Balaban J connectivity index is 2.22. The number of carboxylic acids is 1. The third-order valence-corrected chi connectivity index (χ3v) is 4.33. The summed E-state index contributed by atoms with van der Waals surface area (Å²) in [4.78, 5) is 22.2. The highest BCUT2D eigenvalue weighted by Gasteiger charge is 2.26. The van der Waals surface area contributed by atoms with Crippen LogP contribution in [0.3, 0.4) is 0 Å². The summed E-state index contributed by atoms with van der Waals surface area (Å²) in [5.74, 6) is 1.16. The molecule has 0 aliphatic carbocycles. The normalized spacial score (nSPS) is 16.8. The smallest absolute Gasteiger partial charge is 0.356 e. The lowest BCUT2D eigenvalue weighted by molar-refractivity contribution is 0.0690. The Morgan fingerprint density at radius 1 is 1.29 bits per heavy atom. The van der Waals surface area contributed by atoms with Crippen molar-refractivity contribution in [3.8, 4) is 0 Å². The van der Waals surface area contributed by atoms with Gasteiger partial charge < -0.3 is 10.0 Å². The van der Waals surface area contributed by atoms with E-state index in [1.165, 1.54) is 0 Å². The van der Waals surface area contributed by atoms with Crippen molar-refractivity contribution in [3.63, 3.8) is 0 Å². The van der Waals surface area contributed by atoms with Crippen molar-refractivity contribution in [1.29, 1.82) is 0 Å². The SMILES string of the molecule is CC(C)c1ncc(N2CCC(C(C)C)CC2)c(C(=O)O)n1. The van der Waals surface area contributed by atoms with Crippen LogP contribution in [-0.4, -0.2) is 34.1 Å². The molecular weight excluding hydrogens is 266 g/mol. The van der Waals surface area contributed by atoms with Crippen LogP contribution in [0.5, 0.6) is 0 Å². The standard InChI is InChI=1S/C16H25N3O2/c1-10(2)12-5-7-19(8-6-12)13-9-17-15(11(3)4)18-14(13)16(20)21/h9-12H,5-8H2,1-4H3,(H,20,21). The highest BCUT2D eigenvalue weighted by Crippen LogP contribution is 2.29. The van der Waals surface area contributed by atoms with Crippen molar-refractivity contribution in [2.75, 3.05) is 18.0 Å². The molecule has 1 saturated heterocycles. The van der Waals surface area contributed by atoms with E-state index in [1.807, 2.05) is 13.8 Å². The van der Waals surface area contributed by atoms with Crippen LogP contribution in [0.2, 0.25) is 0 Å². The second-order valence-electron chi connectivity index (χ2n) is 6.49.